The van der Waals surface area contributed by atoms with E-state index in [9.17, 15) is 0 Å². The Labute approximate surface area is 115 Å². The molecule has 2 aliphatic rings. The highest BCUT2D eigenvalue weighted by Crippen LogP contribution is 2.25. The van der Waals surface area contributed by atoms with Crippen molar-refractivity contribution in [3.8, 4) is 5.75 Å². The zero-order valence-electron chi connectivity index (χ0n) is 11.8. The lowest BCUT2D eigenvalue weighted by Crippen LogP contribution is -2.30. The van der Waals surface area contributed by atoms with E-state index in [2.05, 4.69) is 35.5 Å². The molecule has 1 heterocycles. The minimum atomic E-state index is 0.734. The maximum Gasteiger partial charge on any atom is 0.119 e. The van der Waals surface area contributed by atoms with Crippen LogP contribution in [0.3, 0.4) is 0 Å². The van der Waals surface area contributed by atoms with Gasteiger partial charge in [-0.25, -0.2) is 0 Å². The van der Waals surface area contributed by atoms with Gasteiger partial charge in [-0.2, -0.15) is 0 Å². The van der Waals surface area contributed by atoms with Crippen molar-refractivity contribution >= 4 is 0 Å². The molecule has 0 atom stereocenters. The number of nitrogens with one attached hydrogen (secondary N) is 1. The summed E-state index contributed by atoms with van der Waals surface area (Å²) in [6.07, 6.45) is 5.45. The Morgan fingerprint density at radius 3 is 2.84 bits per heavy atom. The number of fused-ring (bicyclic) bond motifs is 1. The van der Waals surface area contributed by atoms with E-state index in [1.807, 2.05) is 0 Å². The van der Waals surface area contributed by atoms with Gasteiger partial charge in [-0.05, 0) is 43.1 Å². The molecule has 1 aromatic carbocycles. The molecular formula is C16H24N2O. The summed E-state index contributed by atoms with van der Waals surface area (Å²) in [5.74, 6) is 1.02. The van der Waals surface area contributed by atoms with E-state index in [-0.39, 0.29) is 0 Å². The smallest absolute Gasteiger partial charge is 0.119 e. The van der Waals surface area contributed by atoms with Crippen molar-refractivity contribution in [3.05, 3.63) is 29.3 Å². The van der Waals surface area contributed by atoms with Gasteiger partial charge in [0.25, 0.3) is 0 Å². The van der Waals surface area contributed by atoms with E-state index >= 15 is 0 Å². The van der Waals surface area contributed by atoms with Crippen LogP contribution >= 0.6 is 0 Å². The molecule has 1 fully saturated rings. The minimum absolute atomic E-state index is 0.734. The quantitative estimate of drug-likeness (QED) is 0.823. The van der Waals surface area contributed by atoms with Gasteiger partial charge in [0.1, 0.15) is 12.4 Å². The van der Waals surface area contributed by atoms with Crippen LogP contribution in [0.15, 0.2) is 18.2 Å². The van der Waals surface area contributed by atoms with Crippen LogP contribution in [0.5, 0.6) is 5.75 Å². The fraction of sp³-hybridized carbons (Fsp3) is 0.625. The van der Waals surface area contributed by atoms with Crippen molar-refractivity contribution in [3.63, 3.8) is 0 Å². The summed E-state index contributed by atoms with van der Waals surface area (Å²) >= 11 is 0. The SMILES string of the molecule is CN1Cc2ccc(OCCNC3CCCC3)cc2C1. The van der Waals surface area contributed by atoms with Gasteiger partial charge in [0, 0.05) is 25.7 Å². The summed E-state index contributed by atoms with van der Waals surface area (Å²) in [4.78, 5) is 2.33. The minimum Gasteiger partial charge on any atom is -0.492 e. The number of benzene rings is 1. The molecule has 0 radical (unpaired) electrons. The molecule has 1 N–H and O–H groups in total. The molecule has 0 amide bonds. The van der Waals surface area contributed by atoms with Crippen LogP contribution in [-0.4, -0.2) is 31.1 Å². The van der Waals surface area contributed by atoms with Gasteiger partial charge < -0.3 is 10.1 Å². The molecule has 3 rings (SSSR count). The monoisotopic (exact) mass is 260 g/mol. The van der Waals surface area contributed by atoms with Crippen LogP contribution < -0.4 is 10.1 Å². The van der Waals surface area contributed by atoms with Crippen LogP contribution in [0.2, 0.25) is 0 Å². The van der Waals surface area contributed by atoms with Gasteiger partial charge in [0.05, 0.1) is 0 Å². The van der Waals surface area contributed by atoms with Crippen molar-refractivity contribution in [1.82, 2.24) is 10.2 Å². The van der Waals surface area contributed by atoms with E-state index in [1.165, 1.54) is 36.8 Å². The molecule has 1 aliphatic heterocycles. The van der Waals surface area contributed by atoms with Crippen LogP contribution in [-0.2, 0) is 13.1 Å². The third-order valence-electron chi connectivity index (χ3n) is 4.22. The van der Waals surface area contributed by atoms with Crippen LogP contribution in [0.4, 0.5) is 0 Å². The van der Waals surface area contributed by atoms with Crippen LogP contribution in [0.25, 0.3) is 0 Å². The van der Waals surface area contributed by atoms with Gasteiger partial charge in [-0.3, -0.25) is 4.90 Å². The average Bonchev–Trinajstić information content (AvgIpc) is 3.02. The zero-order chi connectivity index (χ0) is 13.1. The number of ether oxygens (including phenoxy) is 1. The topological polar surface area (TPSA) is 24.5 Å². The molecule has 1 aliphatic carbocycles. The van der Waals surface area contributed by atoms with Gasteiger partial charge in [0.2, 0.25) is 0 Å². The maximum absolute atomic E-state index is 5.85. The van der Waals surface area contributed by atoms with Crippen LogP contribution in [0, 0.1) is 0 Å². The molecule has 0 unspecified atom stereocenters. The molecule has 1 saturated carbocycles. The molecule has 3 heteroatoms. The summed E-state index contributed by atoms with van der Waals surface area (Å²) in [6.45, 7) is 3.85. The molecule has 1 aromatic rings. The number of rotatable bonds is 5. The Balaban J connectivity index is 1.44. The van der Waals surface area contributed by atoms with Crippen LogP contribution in [0.1, 0.15) is 36.8 Å². The van der Waals surface area contributed by atoms with Gasteiger partial charge >= 0.3 is 0 Å². The number of nitrogens with zero attached hydrogens (tertiary/aromatic N) is 1. The molecule has 0 aromatic heterocycles. The molecule has 19 heavy (non-hydrogen) atoms. The van der Waals surface area contributed by atoms with Gasteiger partial charge in [-0.15, -0.1) is 0 Å². The Morgan fingerprint density at radius 2 is 2.00 bits per heavy atom. The normalized spacial score (nSPS) is 19.8. The summed E-state index contributed by atoms with van der Waals surface area (Å²) in [7, 11) is 2.16. The van der Waals surface area contributed by atoms with Gasteiger partial charge in [0.15, 0.2) is 0 Å². The predicted octanol–water partition coefficient (Wildman–Crippen LogP) is 2.54. The lowest BCUT2D eigenvalue weighted by Gasteiger charge is -2.12. The Morgan fingerprint density at radius 1 is 1.21 bits per heavy atom. The zero-order valence-corrected chi connectivity index (χ0v) is 11.8. The van der Waals surface area contributed by atoms with Crippen molar-refractivity contribution < 1.29 is 4.74 Å². The first-order valence-electron chi connectivity index (χ1n) is 7.48. The number of hydrogen-bond acceptors (Lipinski definition) is 3. The second kappa shape index (κ2) is 5.93. The summed E-state index contributed by atoms with van der Waals surface area (Å²) in [5.41, 5.74) is 2.86. The summed E-state index contributed by atoms with van der Waals surface area (Å²) in [6, 6.07) is 7.25. The fourth-order valence-electron chi connectivity index (χ4n) is 3.19. The highest BCUT2D eigenvalue weighted by molar-refractivity contribution is 5.37. The van der Waals surface area contributed by atoms with E-state index < -0.39 is 0 Å². The standard InChI is InChI=1S/C16H24N2O/c1-18-11-13-6-7-16(10-14(13)12-18)19-9-8-17-15-4-2-3-5-15/h6-7,10,15,17H,2-5,8-9,11-12H2,1H3. The Bertz CT molecular complexity index is 427. The van der Waals surface area contributed by atoms with Crippen molar-refractivity contribution in [1.29, 1.82) is 0 Å². The first-order valence-corrected chi connectivity index (χ1v) is 7.48. The third-order valence-corrected chi connectivity index (χ3v) is 4.22. The molecule has 0 spiro atoms. The second-order valence-electron chi connectivity index (χ2n) is 5.89. The second-order valence-corrected chi connectivity index (χ2v) is 5.89. The van der Waals surface area contributed by atoms with E-state index in [0.717, 1.165) is 38.0 Å². The highest BCUT2D eigenvalue weighted by Gasteiger charge is 2.16. The van der Waals surface area contributed by atoms with Crippen molar-refractivity contribution in [2.45, 2.75) is 44.8 Å². The largest absolute Gasteiger partial charge is 0.492 e. The third kappa shape index (κ3) is 3.28. The molecule has 3 nitrogen and oxygen atoms in total. The van der Waals surface area contributed by atoms with E-state index in [1.54, 1.807) is 0 Å². The lowest BCUT2D eigenvalue weighted by molar-refractivity contribution is 0.304. The molecule has 0 bridgehead atoms. The number of hydrogen-bond donors (Lipinski definition) is 1. The van der Waals surface area contributed by atoms with E-state index in [0.29, 0.717) is 0 Å². The first kappa shape index (κ1) is 12.9. The highest BCUT2D eigenvalue weighted by atomic mass is 16.5. The Hall–Kier alpha value is -1.06. The Kier molecular flexibility index (Phi) is 4.04. The predicted molar refractivity (Wildman–Crippen MR) is 77.4 cm³/mol. The van der Waals surface area contributed by atoms with Crippen molar-refractivity contribution in [2.75, 3.05) is 20.2 Å². The molecule has 104 valence electrons. The van der Waals surface area contributed by atoms with Gasteiger partial charge in [-0.1, -0.05) is 18.9 Å². The fourth-order valence-corrected chi connectivity index (χ4v) is 3.19. The summed E-state index contributed by atoms with van der Waals surface area (Å²) in [5, 5.41) is 3.58. The average molecular weight is 260 g/mol. The van der Waals surface area contributed by atoms with Crippen molar-refractivity contribution in [2.24, 2.45) is 0 Å². The molecular weight excluding hydrogens is 236 g/mol. The summed E-state index contributed by atoms with van der Waals surface area (Å²) < 4.78 is 5.85. The maximum atomic E-state index is 5.85. The first-order chi connectivity index (χ1) is 9.31. The van der Waals surface area contributed by atoms with E-state index in [4.69, 9.17) is 4.74 Å². The lowest BCUT2D eigenvalue weighted by atomic mass is 10.1. The molecule has 0 saturated heterocycles.